The van der Waals surface area contributed by atoms with Gasteiger partial charge in [0.15, 0.2) is 0 Å². The summed E-state index contributed by atoms with van der Waals surface area (Å²) in [5, 5.41) is 11.4. The Morgan fingerprint density at radius 1 is 0.892 bits per heavy atom. The molecule has 0 bridgehead atoms. The zero-order valence-corrected chi connectivity index (χ0v) is 21.6. The SMILES string of the molecule is COc1ccc(CN2C(=O)C(=O)/C(=C(\O)c3ccc(OC)cc3C)C2c2ccc(OC(C)C)cc2)cc1. The first-order valence-corrected chi connectivity index (χ1v) is 12.1. The lowest BCUT2D eigenvalue weighted by Crippen LogP contribution is -2.29. The molecule has 0 aromatic heterocycles. The Balaban J connectivity index is 1.82. The summed E-state index contributed by atoms with van der Waals surface area (Å²) in [5.41, 5.74) is 2.75. The Morgan fingerprint density at radius 2 is 1.49 bits per heavy atom. The highest BCUT2D eigenvalue weighted by atomic mass is 16.5. The van der Waals surface area contributed by atoms with Crippen LogP contribution in [0.5, 0.6) is 17.2 Å². The van der Waals surface area contributed by atoms with Gasteiger partial charge in [-0.25, -0.2) is 0 Å². The van der Waals surface area contributed by atoms with Crippen LogP contribution in [0.25, 0.3) is 5.76 Å². The standard InChI is InChI=1S/C30H31NO6/c1-18(2)37-23-12-8-21(9-13-23)27-26(28(32)25-15-14-24(36-5)16-19(25)3)29(33)30(34)31(27)17-20-6-10-22(35-4)11-7-20/h6-16,18,27,32H,17H2,1-5H3/b28-26-. The molecule has 192 valence electrons. The summed E-state index contributed by atoms with van der Waals surface area (Å²) in [4.78, 5) is 28.2. The van der Waals surface area contributed by atoms with Crippen LogP contribution >= 0.6 is 0 Å². The molecule has 7 nitrogen and oxygen atoms in total. The van der Waals surface area contributed by atoms with Gasteiger partial charge in [-0.2, -0.15) is 0 Å². The van der Waals surface area contributed by atoms with Crippen molar-refractivity contribution in [3.05, 3.63) is 94.6 Å². The fourth-order valence-corrected chi connectivity index (χ4v) is 4.49. The van der Waals surface area contributed by atoms with Crippen molar-refractivity contribution in [1.29, 1.82) is 0 Å². The van der Waals surface area contributed by atoms with E-state index in [0.717, 1.165) is 11.1 Å². The average molecular weight is 502 g/mol. The smallest absolute Gasteiger partial charge is 0.295 e. The molecule has 1 unspecified atom stereocenters. The molecule has 1 heterocycles. The minimum absolute atomic E-state index is 0.00426. The van der Waals surface area contributed by atoms with Crippen LogP contribution in [0.3, 0.4) is 0 Å². The molecular weight excluding hydrogens is 470 g/mol. The van der Waals surface area contributed by atoms with E-state index in [9.17, 15) is 14.7 Å². The van der Waals surface area contributed by atoms with Crippen LogP contribution in [0, 0.1) is 6.92 Å². The Kier molecular flexibility index (Phi) is 7.53. The van der Waals surface area contributed by atoms with E-state index in [1.54, 1.807) is 44.6 Å². The van der Waals surface area contributed by atoms with Crippen molar-refractivity contribution in [2.75, 3.05) is 14.2 Å². The molecule has 0 radical (unpaired) electrons. The van der Waals surface area contributed by atoms with Gasteiger partial charge < -0.3 is 24.2 Å². The van der Waals surface area contributed by atoms with Gasteiger partial charge >= 0.3 is 0 Å². The minimum Gasteiger partial charge on any atom is -0.507 e. The predicted octanol–water partition coefficient (Wildman–Crippen LogP) is 5.42. The van der Waals surface area contributed by atoms with E-state index >= 15 is 0 Å². The first-order valence-electron chi connectivity index (χ1n) is 12.1. The highest BCUT2D eigenvalue weighted by Gasteiger charge is 2.46. The van der Waals surface area contributed by atoms with Gasteiger partial charge in [0.1, 0.15) is 23.0 Å². The van der Waals surface area contributed by atoms with Crippen molar-refractivity contribution in [2.24, 2.45) is 0 Å². The highest BCUT2D eigenvalue weighted by Crippen LogP contribution is 2.41. The average Bonchev–Trinajstić information content (AvgIpc) is 3.13. The fourth-order valence-electron chi connectivity index (χ4n) is 4.49. The summed E-state index contributed by atoms with van der Waals surface area (Å²) >= 11 is 0. The molecule has 37 heavy (non-hydrogen) atoms. The molecular formula is C30H31NO6. The second-order valence-electron chi connectivity index (χ2n) is 9.19. The molecule has 4 rings (SSSR count). The van der Waals surface area contributed by atoms with Crippen LogP contribution in [0.2, 0.25) is 0 Å². The van der Waals surface area contributed by atoms with Crippen LogP contribution in [0.4, 0.5) is 0 Å². The molecule has 0 aliphatic carbocycles. The molecule has 0 saturated carbocycles. The largest absolute Gasteiger partial charge is 0.507 e. The Hall–Kier alpha value is -4.26. The quantitative estimate of drug-likeness (QED) is 0.252. The summed E-state index contributed by atoms with van der Waals surface area (Å²) in [6, 6.07) is 19.0. The van der Waals surface area contributed by atoms with Crippen LogP contribution in [0.1, 0.15) is 42.1 Å². The van der Waals surface area contributed by atoms with E-state index < -0.39 is 17.7 Å². The summed E-state index contributed by atoms with van der Waals surface area (Å²) in [7, 11) is 3.15. The molecule has 1 atom stereocenters. The molecule has 0 spiro atoms. The molecule has 1 fully saturated rings. The third-order valence-corrected chi connectivity index (χ3v) is 6.31. The number of carbonyl (C=O) groups is 2. The maximum Gasteiger partial charge on any atom is 0.295 e. The lowest BCUT2D eigenvalue weighted by Gasteiger charge is -2.26. The fraction of sp³-hybridized carbons (Fsp3) is 0.267. The van der Waals surface area contributed by atoms with Crippen molar-refractivity contribution in [3.63, 3.8) is 0 Å². The van der Waals surface area contributed by atoms with Crippen LogP contribution < -0.4 is 14.2 Å². The second kappa shape index (κ2) is 10.8. The first-order chi connectivity index (χ1) is 17.7. The second-order valence-corrected chi connectivity index (χ2v) is 9.19. The minimum atomic E-state index is -0.781. The number of aliphatic hydroxyl groups is 1. The highest BCUT2D eigenvalue weighted by molar-refractivity contribution is 6.46. The zero-order valence-electron chi connectivity index (χ0n) is 21.6. The molecule has 1 saturated heterocycles. The molecule has 1 aliphatic rings. The van der Waals surface area contributed by atoms with Gasteiger partial charge in [-0.05, 0) is 79.9 Å². The van der Waals surface area contributed by atoms with Crippen molar-refractivity contribution >= 4 is 17.4 Å². The number of ketones is 1. The Labute approximate surface area is 216 Å². The van der Waals surface area contributed by atoms with E-state index in [1.165, 1.54) is 4.90 Å². The summed E-state index contributed by atoms with van der Waals surface area (Å²) in [5.74, 6) is 0.384. The third kappa shape index (κ3) is 5.31. The Morgan fingerprint density at radius 3 is 2.05 bits per heavy atom. The number of ether oxygens (including phenoxy) is 3. The number of likely N-dealkylation sites (tertiary alicyclic amines) is 1. The van der Waals surface area contributed by atoms with Crippen molar-refractivity contribution in [1.82, 2.24) is 4.90 Å². The van der Waals surface area contributed by atoms with E-state index in [1.807, 2.05) is 57.2 Å². The summed E-state index contributed by atoms with van der Waals surface area (Å²) in [6.07, 6.45) is 0.00426. The number of aliphatic hydroxyl groups excluding tert-OH is 1. The molecule has 7 heteroatoms. The number of nitrogens with zero attached hydrogens (tertiary/aromatic N) is 1. The molecule has 1 N–H and O–H groups in total. The van der Waals surface area contributed by atoms with Crippen LogP contribution in [-0.2, 0) is 16.1 Å². The predicted molar refractivity (Wildman–Crippen MR) is 141 cm³/mol. The van der Waals surface area contributed by atoms with E-state index in [-0.39, 0.29) is 24.0 Å². The van der Waals surface area contributed by atoms with Gasteiger partial charge in [-0.15, -0.1) is 0 Å². The van der Waals surface area contributed by atoms with Gasteiger partial charge in [0.05, 0.1) is 31.9 Å². The first kappa shape index (κ1) is 25.8. The summed E-state index contributed by atoms with van der Waals surface area (Å²) < 4.78 is 16.3. The number of hydrogen-bond donors (Lipinski definition) is 1. The summed E-state index contributed by atoms with van der Waals surface area (Å²) in [6.45, 7) is 5.88. The van der Waals surface area contributed by atoms with Crippen LogP contribution in [0.15, 0.2) is 72.3 Å². The van der Waals surface area contributed by atoms with Crippen molar-refractivity contribution in [3.8, 4) is 17.2 Å². The number of carbonyl (C=O) groups excluding carboxylic acids is 2. The topological polar surface area (TPSA) is 85.3 Å². The van der Waals surface area contributed by atoms with Gasteiger partial charge in [0.2, 0.25) is 0 Å². The number of Topliss-reactive ketones (excluding diaryl/α,β-unsaturated/α-hetero) is 1. The van der Waals surface area contributed by atoms with Crippen molar-refractivity contribution < 1.29 is 28.9 Å². The lowest BCUT2D eigenvalue weighted by molar-refractivity contribution is -0.140. The maximum atomic E-state index is 13.4. The molecule has 1 aliphatic heterocycles. The number of rotatable bonds is 8. The van der Waals surface area contributed by atoms with Gasteiger partial charge in [-0.3, -0.25) is 9.59 Å². The lowest BCUT2D eigenvalue weighted by atomic mass is 9.93. The van der Waals surface area contributed by atoms with Gasteiger partial charge in [-0.1, -0.05) is 24.3 Å². The van der Waals surface area contributed by atoms with Crippen molar-refractivity contribution in [2.45, 2.75) is 39.5 Å². The number of methoxy groups -OCH3 is 2. The normalized spacial score (nSPS) is 16.8. The molecule has 1 amide bonds. The molecule has 3 aromatic carbocycles. The number of benzene rings is 3. The van der Waals surface area contributed by atoms with Gasteiger partial charge in [0.25, 0.3) is 11.7 Å². The maximum absolute atomic E-state index is 13.4. The van der Waals surface area contributed by atoms with E-state index in [2.05, 4.69) is 0 Å². The number of amides is 1. The number of aryl methyl sites for hydroxylation is 1. The third-order valence-electron chi connectivity index (χ3n) is 6.31. The molecule has 3 aromatic rings. The monoisotopic (exact) mass is 501 g/mol. The number of hydrogen-bond acceptors (Lipinski definition) is 6. The zero-order chi connectivity index (χ0) is 26.7. The van der Waals surface area contributed by atoms with Crippen LogP contribution in [-0.4, -0.2) is 42.0 Å². The van der Waals surface area contributed by atoms with Gasteiger partial charge in [0, 0.05) is 12.1 Å². The van der Waals surface area contributed by atoms with E-state index in [0.29, 0.717) is 28.4 Å². The Bertz CT molecular complexity index is 1330. The van der Waals surface area contributed by atoms with E-state index in [4.69, 9.17) is 14.2 Å².